The molecule has 0 bridgehead atoms. The van der Waals surface area contributed by atoms with Gasteiger partial charge in [-0.2, -0.15) is 13.2 Å². The molecule has 0 amide bonds. The number of hydrogen-bond donors (Lipinski definition) is 0. The van der Waals surface area contributed by atoms with E-state index in [4.69, 9.17) is 4.42 Å². The van der Waals surface area contributed by atoms with Gasteiger partial charge in [0, 0.05) is 12.1 Å². The summed E-state index contributed by atoms with van der Waals surface area (Å²) in [5, 5.41) is 0. The molecule has 0 aliphatic carbocycles. The van der Waals surface area contributed by atoms with Gasteiger partial charge in [-0.25, -0.2) is 4.79 Å². The van der Waals surface area contributed by atoms with Gasteiger partial charge < -0.3 is 4.42 Å². The molecule has 1 heterocycles. The monoisotopic (exact) mass is 273 g/mol. The van der Waals surface area contributed by atoms with Crippen molar-refractivity contribution in [3.8, 4) is 0 Å². The lowest BCUT2D eigenvalue weighted by Gasteiger charge is -2.05. The molecule has 0 aliphatic rings. The van der Waals surface area contributed by atoms with Gasteiger partial charge in [-0.05, 0) is 25.1 Å². The average molecular weight is 273 g/mol. The summed E-state index contributed by atoms with van der Waals surface area (Å²) in [5.74, 6) is -1.65. The van der Waals surface area contributed by atoms with Crippen molar-refractivity contribution in [2.75, 3.05) is 0 Å². The van der Waals surface area contributed by atoms with Crippen LogP contribution in [0.5, 0.6) is 0 Å². The molecule has 0 radical (unpaired) electrons. The van der Waals surface area contributed by atoms with E-state index in [9.17, 15) is 22.8 Å². The Morgan fingerprint density at radius 3 is 2.63 bits per heavy atom. The summed E-state index contributed by atoms with van der Waals surface area (Å²) >= 11 is 0. The molecule has 2 rings (SSSR count). The van der Waals surface area contributed by atoms with Gasteiger partial charge in [0.2, 0.25) is 0 Å². The summed E-state index contributed by atoms with van der Waals surface area (Å²) in [6, 6.07) is 3.84. The van der Waals surface area contributed by atoms with E-state index >= 15 is 0 Å². The number of halogens is 3. The standard InChI is InChI=1S/C12H10F3NO3/c1-2-16-8-4-3-7(5-10(8)19-11(16)18)9(17)6-12(13,14)15/h3-5H,2,6H2,1H3. The second-order valence-electron chi connectivity index (χ2n) is 4.01. The largest absolute Gasteiger partial charge is 0.419 e. The molecule has 0 saturated carbocycles. The molecule has 0 spiro atoms. The molecule has 0 fully saturated rings. The van der Waals surface area contributed by atoms with Crippen LogP contribution >= 0.6 is 0 Å². The first-order chi connectivity index (χ1) is 8.81. The number of alkyl halides is 3. The number of aromatic nitrogens is 1. The van der Waals surface area contributed by atoms with E-state index < -0.39 is 24.1 Å². The van der Waals surface area contributed by atoms with Gasteiger partial charge in [-0.1, -0.05) is 0 Å². The van der Waals surface area contributed by atoms with Gasteiger partial charge in [-0.3, -0.25) is 9.36 Å². The van der Waals surface area contributed by atoms with Gasteiger partial charge in [-0.15, -0.1) is 0 Å². The van der Waals surface area contributed by atoms with Crippen LogP contribution in [0.25, 0.3) is 11.1 Å². The highest BCUT2D eigenvalue weighted by atomic mass is 19.4. The lowest BCUT2D eigenvalue weighted by atomic mass is 10.1. The van der Waals surface area contributed by atoms with Crippen LogP contribution in [0.15, 0.2) is 27.4 Å². The minimum atomic E-state index is -4.55. The molecule has 2 aromatic rings. The highest BCUT2D eigenvalue weighted by Crippen LogP contribution is 2.23. The Hall–Kier alpha value is -2.05. The predicted molar refractivity (Wildman–Crippen MR) is 61.2 cm³/mol. The SMILES string of the molecule is CCn1c(=O)oc2cc(C(=O)CC(F)(F)F)ccc21. The molecule has 102 valence electrons. The quantitative estimate of drug-likeness (QED) is 0.808. The Balaban J connectivity index is 2.43. The second-order valence-corrected chi connectivity index (χ2v) is 4.01. The zero-order chi connectivity index (χ0) is 14.2. The van der Waals surface area contributed by atoms with Crippen molar-refractivity contribution in [1.29, 1.82) is 0 Å². The lowest BCUT2D eigenvalue weighted by Crippen LogP contribution is -2.15. The summed E-state index contributed by atoms with van der Waals surface area (Å²) in [6.45, 7) is 2.11. The van der Waals surface area contributed by atoms with Gasteiger partial charge >= 0.3 is 11.9 Å². The first-order valence-corrected chi connectivity index (χ1v) is 5.55. The number of aryl methyl sites for hydroxylation is 1. The molecule has 0 N–H and O–H groups in total. The fourth-order valence-electron chi connectivity index (χ4n) is 1.82. The van der Waals surface area contributed by atoms with Crippen LogP contribution in [0.3, 0.4) is 0 Å². The third-order valence-corrected chi connectivity index (χ3v) is 2.67. The van der Waals surface area contributed by atoms with E-state index in [-0.39, 0.29) is 11.1 Å². The summed E-state index contributed by atoms with van der Waals surface area (Å²) < 4.78 is 42.6. The van der Waals surface area contributed by atoms with Gasteiger partial charge in [0.1, 0.15) is 6.42 Å². The molecule has 0 atom stereocenters. The molecule has 1 aromatic carbocycles. The summed E-state index contributed by atoms with van der Waals surface area (Å²) in [5.41, 5.74) is 0.442. The van der Waals surface area contributed by atoms with Crippen LogP contribution in [0.4, 0.5) is 13.2 Å². The van der Waals surface area contributed by atoms with Gasteiger partial charge in [0.05, 0.1) is 5.52 Å². The molecule has 0 unspecified atom stereocenters. The molecule has 19 heavy (non-hydrogen) atoms. The van der Waals surface area contributed by atoms with E-state index in [1.807, 2.05) is 0 Å². The minimum Gasteiger partial charge on any atom is -0.408 e. The normalized spacial score (nSPS) is 12.0. The maximum absolute atomic E-state index is 12.1. The van der Waals surface area contributed by atoms with Crippen molar-refractivity contribution >= 4 is 16.9 Å². The van der Waals surface area contributed by atoms with Crippen molar-refractivity contribution in [3.05, 3.63) is 34.3 Å². The number of Topliss-reactive ketones (excluding diaryl/α,β-unsaturated/α-hetero) is 1. The number of hydrogen-bond acceptors (Lipinski definition) is 3. The molecule has 0 aliphatic heterocycles. The number of carbonyl (C=O) groups is 1. The lowest BCUT2D eigenvalue weighted by molar-refractivity contribution is -0.125. The van der Waals surface area contributed by atoms with Crippen molar-refractivity contribution in [2.45, 2.75) is 26.1 Å². The van der Waals surface area contributed by atoms with E-state index in [0.717, 1.165) is 6.07 Å². The van der Waals surface area contributed by atoms with E-state index in [0.29, 0.717) is 12.1 Å². The van der Waals surface area contributed by atoms with Crippen molar-refractivity contribution < 1.29 is 22.4 Å². The zero-order valence-electron chi connectivity index (χ0n) is 9.95. The zero-order valence-corrected chi connectivity index (χ0v) is 9.95. The smallest absolute Gasteiger partial charge is 0.408 e. The van der Waals surface area contributed by atoms with E-state index in [1.165, 1.54) is 16.7 Å². The van der Waals surface area contributed by atoms with Crippen LogP contribution in [-0.2, 0) is 6.54 Å². The Morgan fingerprint density at radius 2 is 2.05 bits per heavy atom. The Bertz CT molecular complexity index is 682. The Labute approximate surface area is 105 Å². The fourth-order valence-corrected chi connectivity index (χ4v) is 1.82. The van der Waals surface area contributed by atoms with Crippen molar-refractivity contribution in [2.24, 2.45) is 0 Å². The summed E-state index contributed by atoms with van der Waals surface area (Å²) in [6.07, 6.45) is -6.08. The van der Waals surface area contributed by atoms with Gasteiger partial charge in [0.15, 0.2) is 11.4 Å². The third kappa shape index (κ3) is 2.69. The number of fused-ring (bicyclic) bond motifs is 1. The van der Waals surface area contributed by atoms with Crippen LogP contribution in [-0.4, -0.2) is 16.5 Å². The minimum absolute atomic E-state index is 0.111. The number of nitrogens with zero attached hydrogens (tertiary/aromatic N) is 1. The molecule has 4 nitrogen and oxygen atoms in total. The van der Waals surface area contributed by atoms with E-state index in [2.05, 4.69) is 0 Å². The topological polar surface area (TPSA) is 52.2 Å². The van der Waals surface area contributed by atoms with Crippen LogP contribution in [0.2, 0.25) is 0 Å². The Morgan fingerprint density at radius 1 is 1.37 bits per heavy atom. The number of rotatable bonds is 3. The van der Waals surface area contributed by atoms with E-state index in [1.54, 1.807) is 6.92 Å². The van der Waals surface area contributed by atoms with Gasteiger partial charge in [0.25, 0.3) is 0 Å². The first kappa shape index (κ1) is 13.4. The predicted octanol–water partition coefficient (Wildman–Crippen LogP) is 2.75. The highest BCUT2D eigenvalue weighted by molar-refractivity contribution is 5.98. The Kier molecular flexibility index (Phi) is 3.21. The molecule has 1 aromatic heterocycles. The number of oxazole rings is 1. The van der Waals surface area contributed by atoms with Crippen LogP contribution in [0.1, 0.15) is 23.7 Å². The maximum Gasteiger partial charge on any atom is 0.419 e. The first-order valence-electron chi connectivity index (χ1n) is 5.55. The van der Waals surface area contributed by atoms with Crippen molar-refractivity contribution in [3.63, 3.8) is 0 Å². The van der Waals surface area contributed by atoms with Crippen LogP contribution < -0.4 is 5.76 Å². The van der Waals surface area contributed by atoms with Crippen LogP contribution in [0, 0.1) is 0 Å². The number of ketones is 1. The molecule has 0 saturated heterocycles. The van der Waals surface area contributed by atoms with Crippen molar-refractivity contribution in [1.82, 2.24) is 4.57 Å². The third-order valence-electron chi connectivity index (χ3n) is 2.67. The maximum atomic E-state index is 12.1. The highest BCUT2D eigenvalue weighted by Gasteiger charge is 2.31. The average Bonchev–Trinajstić information content (AvgIpc) is 2.60. The molecular formula is C12H10F3NO3. The summed E-state index contributed by atoms with van der Waals surface area (Å²) in [4.78, 5) is 22.8. The second kappa shape index (κ2) is 4.56. The molecule has 7 heteroatoms. The molecular weight excluding hydrogens is 263 g/mol. The number of carbonyl (C=O) groups excluding carboxylic acids is 1. The fraction of sp³-hybridized carbons (Fsp3) is 0.333. The summed E-state index contributed by atoms with van der Waals surface area (Å²) in [7, 11) is 0. The number of benzene rings is 1.